The average molecular weight is 387 g/mol. The van der Waals surface area contributed by atoms with E-state index in [2.05, 4.69) is 33.5 Å². The van der Waals surface area contributed by atoms with E-state index in [1.165, 1.54) is 0 Å². The zero-order valence-electron chi connectivity index (χ0n) is 12.7. The van der Waals surface area contributed by atoms with Crippen molar-refractivity contribution in [2.75, 3.05) is 0 Å². The van der Waals surface area contributed by atoms with Crippen molar-refractivity contribution in [1.82, 2.24) is 10.4 Å². The van der Waals surface area contributed by atoms with Crippen LogP contribution in [0.3, 0.4) is 0 Å². The van der Waals surface area contributed by atoms with Gasteiger partial charge < -0.3 is 0 Å². The molecule has 6 atom stereocenters. The van der Waals surface area contributed by atoms with E-state index >= 15 is 0 Å². The molecule has 2 saturated carbocycles. The first kappa shape index (κ1) is 14.4. The Bertz CT molecular complexity index is 784. The summed E-state index contributed by atoms with van der Waals surface area (Å²) in [5.74, 6) is -0.0998. The van der Waals surface area contributed by atoms with Gasteiger partial charge in [0.15, 0.2) is 0 Å². The number of hydrazine groups is 1. The summed E-state index contributed by atoms with van der Waals surface area (Å²) < 4.78 is 0.769. The molecule has 24 heavy (non-hydrogen) atoms. The zero-order chi connectivity index (χ0) is 16.6. The number of amides is 3. The molecule has 0 aromatic heterocycles. The van der Waals surface area contributed by atoms with Crippen molar-refractivity contribution in [3.63, 3.8) is 0 Å². The maximum absolute atomic E-state index is 12.8. The van der Waals surface area contributed by atoms with Gasteiger partial charge in [0.2, 0.25) is 0 Å². The molecule has 0 spiro atoms. The number of carbonyl (C=O) groups is 3. The molecule has 1 heterocycles. The van der Waals surface area contributed by atoms with Crippen molar-refractivity contribution >= 4 is 33.7 Å². The molecule has 2 bridgehead atoms. The molecule has 1 aliphatic heterocycles. The minimum Gasteiger partial charge on any atom is -0.272 e. The smallest absolute Gasteiger partial charge is 0.270 e. The number of halogens is 1. The van der Waals surface area contributed by atoms with E-state index in [9.17, 15) is 14.4 Å². The Morgan fingerprint density at radius 1 is 1.08 bits per heavy atom. The summed E-state index contributed by atoms with van der Waals surface area (Å²) in [5.41, 5.74) is 2.93. The van der Waals surface area contributed by atoms with Crippen LogP contribution in [0, 0.1) is 35.5 Å². The lowest BCUT2D eigenvalue weighted by Crippen LogP contribution is -2.46. The standard InChI is InChI=1S/C18H15BrN2O3/c19-9-3-1-2-8(6-9)16(22)20-21-17(23)14-10-4-5-11(13-7-12(10)13)15(14)18(21)24/h1-6,10-15H,7H2,(H,20,22)/t10-,11-,12-,13+,14+,15+/m1/s1. The first-order valence-corrected chi connectivity index (χ1v) is 8.98. The lowest BCUT2D eigenvalue weighted by Gasteiger charge is -2.37. The Labute approximate surface area is 147 Å². The number of benzene rings is 1. The molecule has 6 rings (SSSR count). The maximum atomic E-state index is 12.8. The summed E-state index contributed by atoms with van der Waals surface area (Å²) in [6.07, 6.45) is 5.36. The Morgan fingerprint density at radius 3 is 2.29 bits per heavy atom. The number of nitrogens with zero attached hydrogens (tertiary/aromatic N) is 1. The van der Waals surface area contributed by atoms with Crippen LogP contribution in [0.2, 0.25) is 0 Å². The minimum absolute atomic E-state index is 0.161. The lowest BCUT2D eigenvalue weighted by molar-refractivity contribution is -0.143. The fraction of sp³-hybridized carbons (Fsp3) is 0.389. The van der Waals surface area contributed by atoms with Crippen LogP contribution in [0.1, 0.15) is 16.8 Å². The van der Waals surface area contributed by atoms with Crippen LogP contribution in [0.4, 0.5) is 0 Å². The molecule has 0 unspecified atom stereocenters. The van der Waals surface area contributed by atoms with Gasteiger partial charge in [-0.1, -0.05) is 34.1 Å². The quantitative estimate of drug-likeness (QED) is 0.625. The summed E-state index contributed by atoms with van der Waals surface area (Å²) in [7, 11) is 0. The van der Waals surface area contributed by atoms with Gasteiger partial charge in [0.25, 0.3) is 17.7 Å². The third-order valence-electron chi connectivity index (χ3n) is 5.96. The van der Waals surface area contributed by atoms with Gasteiger partial charge in [-0.15, -0.1) is 0 Å². The van der Waals surface area contributed by atoms with E-state index in [0.29, 0.717) is 17.4 Å². The number of allylic oxidation sites excluding steroid dienone is 2. The highest BCUT2D eigenvalue weighted by molar-refractivity contribution is 9.10. The summed E-state index contributed by atoms with van der Waals surface area (Å²) in [4.78, 5) is 38.0. The van der Waals surface area contributed by atoms with Crippen LogP contribution in [-0.4, -0.2) is 22.7 Å². The summed E-state index contributed by atoms with van der Waals surface area (Å²) in [5, 5.41) is 0.969. The highest BCUT2D eigenvalue weighted by Gasteiger charge is 2.67. The Morgan fingerprint density at radius 2 is 1.71 bits per heavy atom. The van der Waals surface area contributed by atoms with Gasteiger partial charge in [0.1, 0.15) is 0 Å². The van der Waals surface area contributed by atoms with Crippen molar-refractivity contribution in [2.24, 2.45) is 35.5 Å². The van der Waals surface area contributed by atoms with Gasteiger partial charge in [0.05, 0.1) is 11.8 Å². The number of rotatable bonds is 2. The normalized spacial score (nSPS) is 38.1. The number of carbonyl (C=O) groups excluding carboxylic acids is 3. The van der Waals surface area contributed by atoms with Crippen LogP contribution in [0.25, 0.3) is 0 Å². The van der Waals surface area contributed by atoms with Crippen molar-refractivity contribution in [3.05, 3.63) is 46.5 Å². The molecular formula is C18H15BrN2O3. The fourth-order valence-corrected chi connectivity index (χ4v) is 5.26. The molecule has 0 radical (unpaired) electrons. The maximum Gasteiger partial charge on any atom is 0.270 e. The van der Waals surface area contributed by atoms with Gasteiger partial charge in [0, 0.05) is 10.0 Å². The molecule has 4 aliphatic carbocycles. The number of hydrogen-bond acceptors (Lipinski definition) is 3. The Balaban J connectivity index is 1.41. The van der Waals surface area contributed by atoms with Gasteiger partial charge in [-0.2, -0.15) is 5.01 Å². The van der Waals surface area contributed by atoms with Crippen molar-refractivity contribution < 1.29 is 14.4 Å². The molecule has 1 saturated heterocycles. The first-order chi connectivity index (χ1) is 11.6. The van der Waals surface area contributed by atoms with Gasteiger partial charge in [-0.05, 0) is 48.3 Å². The SMILES string of the molecule is O=C(NN1C(=O)[C@H]2[C@@H]3C=C[C@H]([C@@H]4C[C@H]34)[C@@H]2C1=O)c1cccc(Br)c1. The molecular weight excluding hydrogens is 372 g/mol. The zero-order valence-corrected chi connectivity index (χ0v) is 14.3. The van der Waals surface area contributed by atoms with Crippen molar-refractivity contribution in [3.8, 4) is 0 Å². The third-order valence-corrected chi connectivity index (χ3v) is 6.46. The van der Waals surface area contributed by atoms with E-state index in [-0.39, 0.29) is 35.5 Å². The van der Waals surface area contributed by atoms with E-state index in [0.717, 1.165) is 15.9 Å². The van der Waals surface area contributed by atoms with Crippen LogP contribution in [0.15, 0.2) is 40.9 Å². The largest absolute Gasteiger partial charge is 0.272 e. The third kappa shape index (κ3) is 1.83. The van der Waals surface area contributed by atoms with Crippen molar-refractivity contribution in [1.29, 1.82) is 0 Å². The van der Waals surface area contributed by atoms with Gasteiger partial charge in [-0.3, -0.25) is 19.8 Å². The van der Waals surface area contributed by atoms with E-state index in [4.69, 9.17) is 0 Å². The molecule has 3 fully saturated rings. The molecule has 5 aliphatic rings. The summed E-state index contributed by atoms with van der Waals surface area (Å²) in [6, 6.07) is 6.86. The minimum atomic E-state index is -0.442. The number of hydrogen-bond donors (Lipinski definition) is 1. The molecule has 1 aromatic rings. The molecule has 5 nitrogen and oxygen atoms in total. The number of nitrogens with one attached hydrogen (secondary N) is 1. The predicted octanol–water partition coefficient (Wildman–Crippen LogP) is 2.15. The van der Waals surface area contributed by atoms with E-state index < -0.39 is 5.91 Å². The van der Waals surface area contributed by atoms with Gasteiger partial charge in [-0.25, -0.2) is 0 Å². The monoisotopic (exact) mass is 386 g/mol. The summed E-state index contributed by atoms with van der Waals surface area (Å²) >= 11 is 3.32. The van der Waals surface area contributed by atoms with Crippen LogP contribution in [-0.2, 0) is 9.59 Å². The lowest BCUT2D eigenvalue weighted by atomic mass is 9.63. The molecule has 122 valence electrons. The second kappa shape index (κ2) is 4.79. The topological polar surface area (TPSA) is 66.5 Å². The average Bonchev–Trinajstić information content (AvgIpc) is 3.36. The van der Waals surface area contributed by atoms with Crippen molar-refractivity contribution in [2.45, 2.75) is 6.42 Å². The molecule has 1 aromatic carbocycles. The molecule has 3 amide bonds. The second-order valence-corrected chi connectivity index (χ2v) is 8.03. The highest BCUT2D eigenvalue weighted by atomic mass is 79.9. The second-order valence-electron chi connectivity index (χ2n) is 7.12. The van der Waals surface area contributed by atoms with E-state index in [1.54, 1.807) is 18.2 Å². The molecule has 1 N–H and O–H groups in total. The van der Waals surface area contributed by atoms with E-state index in [1.807, 2.05) is 6.07 Å². The predicted molar refractivity (Wildman–Crippen MR) is 88.2 cm³/mol. The summed E-state index contributed by atoms with van der Waals surface area (Å²) in [6.45, 7) is 0. The van der Waals surface area contributed by atoms with Crippen LogP contribution in [0.5, 0.6) is 0 Å². The van der Waals surface area contributed by atoms with Crippen LogP contribution < -0.4 is 5.43 Å². The Kier molecular flexibility index (Phi) is 2.87. The van der Waals surface area contributed by atoms with Crippen LogP contribution >= 0.6 is 15.9 Å². The van der Waals surface area contributed by atoms with Gasteiger partial charge >= 0.3 is 0 Å². The fourth-order valence-electron chi connectivity index (χ4n) is 4.86. The first-order valence-electron chi connectivity index (χ1n) is 8.19. The number of imide groups is 1. The molecule has 6 heteroatoms. The highest BCUT2D eigenvalue weighted by Crippen LogP contribution is 2.65. The Hall–Kier alpha value is -1.95.